The number of amides is 1. The molecule has 2 aliphatic rings. The lowest BCUT2D eigenvalue weighted by Gasteiger charge is -2.35. The van der Waals surface area contributed by atoms with Crippen LogP contribution >= 0.6 is 0 Å². The van der Waals surface area contributed by atoms with Gasteiger partial charge in [-0.3, -0.25) is 10.1 Å². The van der Waals surface area contributed by atoms with Crippen LogP contribution in [0.1, 0.15) is 19.8 Å². The van der Waals surface area contributed by atoms with E-state index in [1.165, 1.54) is 6.07 Å². The maximum absolute atomic E-state index is 14.4. The maximum Gasteiger partial charge on any atom is 0.409 e. The molecule has 1 atom stereocenters. The second-order valence-corrected chi connectivity index (χ2v) is 6.77. The van der Waals surface area contributed by atoms with Crippen LogP contribution in [0.15, 0.2) is 12.1 Å². The van der Waals surface area contributed by atoms with Gasteiger partial charge in [0.15, 0.2) is 5.82 Å². The van der Waals surface area contributed by atoms with Crippen molar-refractivity contribution in [3.05, 3.63) is 28.1 Å². The van der Waals surface area contributed by atoms with E-state index in [-0.39, 0.29) is 17.5 Å². The number of nitrogens with zero attached hydrogens (tertiary/aromatic N) is 3. The van der Waals surface area contributed by atoms with Crippen LogP contribution in [0.5, 0.6) is 0 Å². The van der Waals surface area contributed by atoms with Crippen molar-refractivity contribution in [1.29, 1.82) is 0 Å². The van der Waals surface area contributed by atoms with Gasteiger partial charge in [0.1, 0.15) is 5.69 Å². The van der Waals surface area contributed by atoms with E-state index in [0.717, 1.165) is 18.9 Å². The van der Waals surface area contributed by atoms with E-state index in [1.54, 1.807) is 16.7 Å². The number of hydrogen-bond donors (Lipinski definition) is 1. The summed E-state index contributed by atoms with van der Waals surface area (Å²) in [6.07, 6.45) is 1.51. The number of carbonyl (C=O) groups is 1. The van der Waals surface area contributed by atoms with E-state index in [4.69, 9.17) is 9.47 Å². The number of hydrogen-bond acceptors (Lipinski definition) is 7. The van der Waals surface area contributed by atoms with Crippen molar-refractivity contribution in [3.63, 3.8) is 0 Å². The Balaban J connectivity index is 1.74. The highest BCUT2D eigenvalue weighted by Crippen LogP contribution is 2.34. The molecule has 2 saturated heterocycles. The molecule has 1 N–H and O–H groups in total. The molecule has 9 nitrogen and oxygen atoms in total. The predicted octanol–water partition coefficient (Wildman–Crippen LogP) is 2.60. The third kappa shape index (κ3) is 4.61. The number of ether oxygens (including phenoxy) is 2. The number of piperazine rings is 1. The molecule has 154 valence electrons. The van der Waals surface area contributed by atoms with Crippen LogP contribution in [-0.2, 0) is 9.47 Å². The first-order chi connectivity index (χ1) is 13.5. The first-order valence-electron chi connectivity index (χ1n) is 9.49. The summed E-state index contributed by atoms with van der Waals surface area (Å²) in [7, 11) is 0. The third-order valence-corrected chi connectivity index (χ3v) is 4.95. The molecule has 0 spiro atoms. The van der Waals surface area contributed by atoms with Crippen molar-refractivity contribution >= 4 is 23.2 Å². The maximum atomic E-state index is 14.4. The zero-order chi connectivity index (χ0) is 20.1. The molecule has 1 aromatic carbocycles. The second kappa shape index (κ2) is 9.05. The number of carbonyl (C=O) groups excluding carboxylic acids is 1. The highest BCUT2D eigenvalue weighted by molar-refractivity contribution is 5.72. The summed E-state index contributed by atoms with van der Waals surface area (Å²) in [4.78, 5) is 26.0. The van der Waals surface area contributed by atoms with Crippen molar-refractivity contribution in [1.82, 2.24) is 4.90 Å². The molecule has 0 radical (unpaired) electrons. The van der Waals surface area contributed by atoms with Crippen molar-refractivity contribution in [3.8, 4) is 0 Å². The zero-order valence-electron chi connectivity index (χ0n) is 15.9. The molecule has 2 heterocycles. The molecule has 0 aliphatic carbocycles. The van der Waals surface area contributed by atoms with E-state index < -0.39 is 16.8 Å². The van der Waals surface area contributed by atoms with Crippen LogP contribution in [0.25, 0.3) is 0 Å². The molecule has 0 saturated carbocycles. The van der Waals surface area contributed by atoms with E-state index >= 15 is 0 Å². The molecule has 0 unspecified atom stereocenters. The molecule has 1 aromatic rings. The summed E-state index contributed by atoms with van der Waals surface area (Å²) in [5, 5.41) is 14.5. The Kier molecular flexibility index (Phi) is 6.50. The third-order valence-electron chi connectivity index (χ3n) is 4.95. The van der Waals surface area contributed by atoms with Crippen LogP contribution in [0.4, 0.5) is 26.2 Å². The van der Waals surface area contributed by atoms with Crippen LogP contribution in [0.3, 0.4) is 0 Å². The fourth-order valence-corrected chi connectivity index (χ4v) is 3.46. The van der Waals surface area contributed by atoms with E-state index in [2.05, 4.69) is 5.32 Å². The molecule has 0 bridgehead atoms. The first-order valence-corrected chi connectivity index (χ1v) is 9.49. The van der Waals surface area contributed by atoms with E-state index in [9.17, 15) is 19.3 Å². The highest BCUT2D eigenvalue weighted by Gasteiger charge is 2.28. The van der Waals surface area contributed by atoms with Gasteiger partial charge in [-0.15, -0.1) is 0 Å². The molecule has 2 aliphatic heterocycles. The summed E-state index contributed by atoms with van der Waals surface area (Å²) in [6.45, 7) is 4.74. The second-order valence-electron chi connectivity index (χ2n) is 6.77. The number of nitrogens with one attached hydrogen (secondary N) is 1. The minimum atomic E-state index is -0.668. The minimum Gasteiger partial charge on any atom is -0.450 e. The summed E-state index contributed by atoms with van der Waals surface area (Å²) in [5.74, 6) is -0.668. The number of halogens is 1. The molecule has 2 fully saturated rings. The quantitative estimate of drug-likeness (QED) is 0.583. The summed E-state index contributed by atoms with van der Waals surface area (Å²) in [6, 6.07) is 2.42. The highest BCUT2D eigenvalue weighted by atomic mass is 19.1. The monoisotopic (exact) mass is 396 g/mol. The number of benzene rings is 1. The molecule has 3 rings (SSSR count). The standard InChI is InChI=1S/C18H25FN4O5/c1-2-27-18(24)22-7-5-21(6-8-22)16-11-15(14(19)10-17(16)23(25)26)20-12-13-4-3-9-28-13/h10-11,13,20H,2-9,12H2,1H3/t13-/m0/s1. The fourth-order valence-electron chi connectivity index (χ4n) is 3.46. The van der Waals surface area contributed by atoms with Crippen LogP contribution < -0.4 is 10.2 Å². The molecule has 1 amide bonds. The van der Waals surface area contributed by atoms with Gasteiger partial charge in [-0.1, -0.05) is 0 Å². The lowest BCUT2D eigenvalue weighted by atomic mass is 10.1. The number of nitro groups is 1. The topological polar surface area (TPSA) is 97.2 Å². The normalized spacial score (nSPS) is 19.6. The van der Waals surface area contributed by atoms with Gasteiger partial charge >= 0.3 is 6.09 Å². The van der Waals surface area contributed by atoms with Gasteiger partial charge in [-0.05, 0) is 25.8 Å². The predicted molar refractivity (Wildman–Crippen MR) is 101 cm³/mol. The van der Waals surface area contributed by atoms with Crippen LogP contribution in [-0.4, -0.2) is 68.0 Å². The Morgan fingerprint density at radius 3 is 2.75 bits per heavy atom. The van der Waals surface area contributed by atoms with Crippen molar-refractivity contribution < 1.29 is 23.6 Å². The SMILES string of the molecule is CCOC(=O)N1CCN(c2cc(NC[C@@H]3CCCO3)c(F)cc2[N+](=O)[O-])CC1. The van der Waals surface area contributed by atoms with E-state index in [1.807, 2.05) is 0 Å². The van der Waals surface area contributed by atoms with Crippen molar-refractivity contribution in [2.45, 2.75) is 25.9 Å². The molecular weight excluding hydrogens is 371 g/mol. The van der Waals surface area contributed by atoms with Gasteiger partial charge < -0.3 is 24.6 Å². The minimum absolute atomic E-state index is 0.0196. The van der Waals surface area contributed by atoms with Crippen molar-refractivity contribution in [2.24, 2.45) is 0 Å². The molecule has 10 heteroatoms. The number of rotatable bonds is 6. The Hall–Kier alpha value is -2.62. The summed E-state index contributed by atoms with van der Waals surface area (Å²) in [5.41, 5.74) is 0.262. The Morgan fingerprint density at radius 2 is 2.14 bits per heavy atom. The average molecular weight is 396 g/mol. The van der Waals surface area contributed by atoms with Gasteiger partial charge in [0.2, 0.25) is 0 Å². The fraction of sp³-hybridized carbons (Fsp3) is 0.611. The zero-order valence-corrected chi connectivity index (χ0v) is 15.9. The number of nitro benzene ring substituents is 1. The van der Waals surface area contributed by atoms with Gasteiger partial charge in [-0.2, -0.15) is 0 Å². The van der Waals surface area contributed by atoms with Gasteiger partial charge in [-0.25, -0.2) is 9.18 Å². The van der Waals surface area contributed by atoms with Gasteiger partial charge in [0.25, 0.3) is 5.69 Å². The van der Waals surface area contributed by atoms with Gasteiger partial charge in [0, 0.05) is 39.3 Å². The van der Waals surface area contributed by atoms with Crippen molar-refractivity contribution in [2.75, 3.05) is 56.2 Å². The summed E-state index contributed by atoms with van der Waals surface area (Å²) < 4.78 is 24.9. The Labute approximate surface area is 162 Å². The lowest BCUT2D eigenvalue weighted by Crippen LogP contribution is -2.49. The lowest BCUT2D eigenvalue weighted by molar-refractivity contribution is -0.384. The van der Waals surface area contributed by atoms with Crippen LogP contribution in [0, 0.1) is 15.9 Å². The smallest absolute Gasteiger partial charge is 0.409 e. The van der Waals surface area contributed by atoms with Crippen LogP contribution in [0.2, 0.25) is 0 Å². The van der Waals surface area contributed by atoms with Gasteiger partial charge in [0.05, 0.1) is 29.4 Å². The first kappa shape index (κ1) is 20.1. The Bertz CT molecular complexity index is 718. The average Bonchev–Trinajstić information content (AvgIpc) is 3.20. The summed E-state index contributed by atoms with van der Waals surface area (Å²) >= 11 is 0. The molecular formula is C18H25FN4O5. The molecule has 0 aromatic heterocycles. The van der Waals surface area contributed by atoms with E-state index in [0.29, 0.717) is 51.6 Å². The largest absolute Gasteiger partial charge is 0.450 e. The Morgan fingerprint density at radius 1 is 1.39 bits per heavy atom. The number of anilines is 2. The molecule has 28 heavy (non-hydrogen) atoms.